The van der Waals surface area contributed by atoms with Crippen LogP contribution in [0.5, 0.6) is 0 Å². The van der Waals surface area contributed by atoms with E-state index in [9.17, 15) is 0 Å². The molecule has 1 aliphatic heterocycles. The van der Waals surface area contributed by atoms with Crippen molar-refractivity contribution in [2.45, 2.75) is 23.9 Å². The van der Waals surface area contributed by atoms with Crippen LogP contribution in [0.2, 0.25) is 0 Å². The lowest BCUT2D eigenvalue weighted by Gasteiger charge is -2.17. The summed E-state index contributed by atoms with van der Waals surface area (Å²) in [6, 6.07) is 4.36. The second-order valence-electron chi connectivity index (χ2n) is 4.69. The number of pyridine rings is 1. The van der Waals surface area contributed by atoms with Crippen molar-refractivity contribution < 1.29 is 4.74 Å². The van der Waals surface area contributed by atoms with Gasteiger partial charge in [0.15, 0.2) is 0 Å². The van der Waals surface area contributed by atoms with Crippen molar-refractivity contribution in [3.63, 3.8) is 0 Å². The molecule has 3 nitrogen and oxygen atoms in total. The molecule has 1 fully saturated rings. The molecule has 17 heavy (non-hydrogen) atoms. The van der Waals surface area contributed by atoms with Gasteiger partial charge < -0.3 is 9.64 Å². The van der Waals surface area contributed by atoms with E-state index < -0.39 is 0 Å². The van der Waals surface area contributed by atoms with Gasteiger partial charge in [-0.1, -0.05) is 6.07 Å². The Morgan fingerprint density at radius 3 is 2.88 bits per heavy atom. The maximum Gasteiger partial charge on any atom is 0.0961 e. The second-order valence-corrected chi connectivity index (χ2v) is 5.51. The molecule has 0 spiro atoms. The number of aromatic nitrogens is 1. The Balaban J connectivity index is 2.28. The molecule has 94 valence electrons. The maximum absolute atomic E-state index is 5.48. The fraction of sp³-hybridized carbons (Fsp3) is 0.615. The highest BCUT2D eigenvalue weighted by molar-refractivity contribution is 7.98. The van der Waals surface area contributed by atoms with Crippen LogP contribution in [0, 0.1) is 0 Å². The lowest BCUT2D eigenvalue weighted by molar-refractivity contribution is 0.193. The van der Waals surface area contributed by atoms with E-state index in [-0.39, 0.29) is 0 Å². The highest BCUT2D eigenvalue weighted by Crippen LogP contribution is 2.29. The van der Waals surface area contributed by atoms with Crippen molar-refractivity contribution in [3.8, 4) is 0 Å². The van der Waals surface area contributed by atoms with Gasteiger partial charge in [0.25, 0.3) is 0 Å². The number of hydrogen-bond donors (Lipinski definition) is 0. The monoisotopic (exact) mass is 252 g/mol. The van der Waals surface area contributed by atoms with E-state index in [1.807, 2.05) is 0 Å². The molecule has 2 heterocycles. The van der Waals surface area contributed by atoms with E-state index in [1.54, 1.807) is 11.8 Å². The van der Waals surface area contributed by atoms with Crippen LogP contribution < -0.4 is 0 Å². The quantitative estimate of drug-likeness (QED) is 0.768. The second kappa shape index (κ2) is 5.85. The molecule has 1 aromatic heterocycles. The molecule has 0 amide bonds. The largest absolute Gasteiger partial charge is 0.381 e. The van der Waals surface area contributed by atoms with Crippen molar-refractivity contribution in [2.24, 2.45) is 0 Å². The van der Waals surface area contributed by atoms with Crippen molar-refractivity contribution >= 4 is 11.8 Å². The highest BCUT2D eigenvalue weighted by atomic mass is 32.2. The van der Waals surface area contributed by atoms with Crippen molar-refractivity contribution in [2.75, 3.05) is 33.6 Å². The highest BCUT2D eigenvalue weighted by Gasteiger charge is 2.21. The third-order valence-electron chi connectivity index (χ3n) is 3.03. The summed E-state index contributed by atoms with van der Waals surface area (Å²) in [5.41, 5.74) is 2.58. The summed E-state index contributed by atoms with van der Waals surface area (Å²) >= 11 is 1.70. The fourth-order valence-electron chi connectivity index (χ4n) is 2.18. The summed E-state index contributed by atoms with van der Waals surface area (Å²) < 4.78 is 5.48. The molecule has 0 saturated carbocycles. The van der Waals surface area contributed by atoms with Gasteiger partial charge in [-0.3, -0.25) is 0 Å². The summed E-state index contributed by atoms with van der Waals surface area (Å²) in [5.74, 6) is 0.536. The van der Waals surface area contributed by atoms with Gasteiger partial charge in [-0.25, -0.2) is 4.98 Å². The minimum Gasteiger partial charge on any atom is -0.381 e. The van der Waals surface area contributed by atoms with Crippen LogP contribution in [-0.4, -0.2) is 43.4 Å². The molecule has 4 heteroatoms. The molecular formula is C13H20N2OS. The van der Waals surface area contributed by atoms with Gasteiger partial charge in [0, 0.05) is 19.1 Å². The van der Waals surface area contributed by atoms with Crippen LogP contribution in [-0.2, 0) is 11.3 Å². The van der Waals surface area contributed by atoms with Crippen LogP contribution >= 0.6 is 11.8 Å². The molecule has 1 atom stereocenters. The number of thioether (sulfide) groups is 1. The summed E-state index contributed by atoms with van der Waals surface area (Å²) in [4.78, 5) is 6.91. The zero-order chi connectivity index (χ0) is 12.3. The lowest BCUT2D eigenvalue weighted by atomic mass is 9.97. The number of rotatable bonds is 4. The summed E-state index contributed by atoms with van der Waals surface area (Å²) in [6.45, 7) is 2.64. The van der Waals surface area contributed by atoms with Gasteiger partial charge in [0.2, 0.25) is 0 Å². The van der Waals surface area contributed by atoms with Gasteiger partial charge in [0.05, 0.1) is 17.3 Å². The van der Waals surface area contributed by atoms with Gasteiger partial charge in [-0.15, -0.1) is 11.8 Å². The summed E-state index contributed by atoms with van der Waals surface area (Å²) in [5, 5.41) is 1.10. The molecular weight excluding hydrogens is 232 g/mol. The molecule has 1 aliphatic rings. The molecule has 0 aliphatic carbocycles. The third-order valence-corrected chi connectivity index (χ3v) is 3.67. The normalized spacial score (nSPS) is 20.1. The topological polar surface area (TPSA) is 25.4 Å². The Morgan fingerprint density at radius 2 is 2.29 bits per heavy atom. The average Bonchev–Trinajstić information content (AvgIpc) is 2.81. The first-order valence-corrected chi connectivity index (χ1v) is 7.19. The molecule has 0 unspecified atom stereocenters. The van der Waals surface area contributed by atoms with Gasteiger partial charge >= 0.3 is 0 Å². The molecule has 2 rings (SSSR count). The number of hydrogen-bond acceptors (Lipinski definition) is 4. The standard InChI is InChI=1S/C13H20N2OS/c1-15(2)8-12-11(10-6-7-16-9-10)4-5-13(14-12)17-3/h4-5,10H,6-9H2,1-3H3/t10-/m0/s1. The van der Waals surface area contributed by atoms with E-state index in [0.717, 1.165) is 31.2 Å². The summed E-state index contributed by atoms with van der Waals surface area (Å²) in [7, 11) is 4.17. The Bertz CT molecular complexity index is 376. The van der Waals surface area contributed by atoms with Gasteiger partial charge in [0.1, 0.15) is 0 Å². The maximum atomic E-state index is 5.48. The van der Waals surface area contributed by atoms with Crippen LogP contribution in [0.1, 0.15) is 23.6 Å². The third kappa shape index (κ3) is 3.21. The Kier molecular flexibility index (Phi) is 4.42. The molecule has 0 aromatic carbocycles. The first kappa shape index (κ1) is 12.9. The molecule has 0 N–H and O–H groups in total. The smallest absolute Gasteiger partial charge is 0.0961 e. The lowest BCUT2D eigenvalue weighted by Crippen LogP contribution is -2.15. The van der Waals surface area contributed by atoms with Crippen LogP contribution in [0.25, 0.3) is 0 Å². The van der Waals surface area contributed by atoms with E-state index in [2.05, 4.69) is 37.4 Å². The van der Waals surface area contributed by atoms with Crippen molar-refractivity contribution in [1.29, 1.82) is 0 Å². The molecule has 1 saturated heterocycles. The number of ether oxygens (including phenoxy) is 1. The zero-order valence-corrected chi connectivity index (χ0v) is 11.6. The zero-order valence-electron chi connectivity index (χ0n) is 10.8. The van der Waals surface area contributed by atoms with Gasteiger partial charge in [-0.2, -0.15) is 0 Å². The van der Waals surface area contributed by atoms with E-state index in [1.165, 1.54) is 11.3 Å². The minimum atomic E-state index is 0.536. The fourth-order valence-corrected chi connectivity index (χ4v) is 2.59. The van der Waals surface area contributed by atoms with E-state index in [4.69, 9.17) is 9.72 Å². The Labute approximate surface area is 108 Å². The summed E-state index contributed by atoms with van der Waals surface area (Å²) in [6.07, 6.45) is 3.20. The first-order chi connectivity index (χ1) is 8.20. The van der Waals surface area contributed by atoms with Crippen LogP contribution in [0.4, 0.5) is 0 Å². The van der Waals surface area contributed by atoms with Crippen molar-refractivity contribution in [3.05, 3.63) is 23.4 Å². The van der Waals surface area contributed by atoms with E-state index in [0.29, 0.717) is 5.92 Å². The Hall–Kier alpha value is -0.580. The number of nitrogens with zero attached hydrogens (tertiary/aromatic N) is 2. The predicted molar refractivity (Wildman–Crippen MR) is 71.6 cm³/mol. The SMILES string of the molecule is CSc1ccc([C@H]2CCOC2)c(CN(C)C)n1. The molecule has 0 radical (unpaired) electrons. The minimum absolute atomic E-state index is 0.536. The van der Waals surface area contributed by atoms with Crippen molar-refractivity contribution in [1.82, 2.24) is 9.88 Å². The average molecular weight is 252 g/mol. The van der Waals surface area contributed by atoms with E-state index >= 15 is 0 Å². The predicted octanol–water partition coefficient (Wildman–Crippen LogP) is 2.37. The first-order valence-electron chi connectivity index (χ1n) is 5.97. The van der Waals surface area contributed by atoms with Gasteiger partial charge in [-0.05, 0) is 38.4 Å². The molecule has 0 bridgehead atoms. The van der Waals surface area contributed by atoms with Crippen LogP contribution in [0.15, 0.2) is 17.2 Å². The Morgan fingerprint density at radius 1 is 1.47 bits per heavy atom. The van der Waals surface area contributed by atoms with Crippen LogP contribution in [0.3, 0.4) is 0 Å². The molecule has 1 aromatic rings.